The van der Waals surface area contributed by atoms with Crippen molar-refractivity contribution in [2.75, 3.05) is 33.4 Å². The average molecular weight is 505 g/mol. The molecule has 0 bridgehead atoms. The summed E-state index contributed by atoms with van der Waals surface area (Å²) in [5.74, 6) is -0.427. The number of hydrogen-bond acceptors (Lipinski definition) is 6. The van der Waals surface area contributed by atoms with Crippen molar-refractivity contribution in [3.05, 3.63) is 42.2 Å². The smallest absolute Gasteiger partial charge is 0.387 e. The molecule has 0 radical (unpaired) electrons. The molecular formula is C26H27F3N2O5. The molecule has 2 atom stereocenters. The number of carbonyl (C=O) groups excluding carboxylic acids is 1. The summed E-state index contributed by atoms with van der Waals surface area (Å²) >= 11 is 0. The Morgan fingerprint density at radius 2 is 1.94 bits per heavy atom. The summed E-state index contributed by atoms with van der Waals surface area (Å²) in [7, 11) is 1.32. The van der Waals surface area contributed by atoms with Crippen molar-refractivity contribution >= 4 is 16.9 Å². The van der Waals surface area contributed by atoms with Gasteiger partial charge in [0.1, 0.15) is 41.2 Å². The van der Waals surface area contributed by atoms with Gasteiger partial charge in [0, 0.05) is 30.0 Å². The predicted molar refractivity (Wildman–Crippen MR) is 127 cm³/mol. The molecule has 2 fully saturated rings. The molecule has 10 heteroatoms. The standard InChI is InChI=1S/C26H27F3N2O5/c1-33-22-10-15(11-23(36-26(28)29)24(22)25(32)30-20-13-19(20)27)18-14-35-21-12-16(4-5-17(18)21)34-9-8-31-6-2-3-7-31/h4-5,10-12,14,19-20,26H,2-3,6-9,13H2,1H3,(H,30,32)/t19-,20+/m0/s1. The van der Waals surface area contributed by atoms with Gasteiger partial charge in [0.15, 0.2) is 0 Å². The third-order valence-corrected chi connectivity index (χ3v) is 6.49. The number of fused-ring (bicyclic) bond motifs is 1. The van der Waals surface area contributed by atoms with E-state index in [1.807, 2.05) is 12.1 Å². The van der Waals surface area contributed by atoms with Crippen LogP contribution in [0.2, 0.25) is 0 Å². The van der Waals surface area contributed by atoms with Gasteiger partial charge in [-0.3, -0.25) is 9.69 Å². The van der Waals surface area contributed by atoms with Crippen LogP contribution < -0.4 is 19.5 Å². The Hall–Kier alpha value is -3.40. The van der Waals surface area contributed by atoms with Gasteiger partial charge in [-0.2, -0.15) is 8.78 Å². The molecule has 1 aliphatic carbocycles. The summed E-state index contributed by atoms with van der Waals surface area (Å²) in [6.07, 6.45) is 2.98. The van der Waals surface area contributed by atoms with Crippen LogP contribution in [0.5, 0.6) is 17.2 Å². The molecule has 1 saturated carbocycles. The molecule has 2 heterocycles. The molecule has 2 aromatic carbocycles. The van der Waals surface area contributed by atoms with Crippen LogP contribution >= 0.6 is 0 Å². The van der Waals surface area contributed by atoms with E-state index in [-0.39, 0.29) is 23.5 Å². The van der Waals surface area contributed by atoms with E-state index >= 15 is 0 Å². The van der Waals surface area contributed by atoms with Crippen LogP contribution in [0.3, 0.4) is 0 Å². The van der Waals surface area contributed by atoms with Gasteiger partial charge in [0.25, 0.3) is 5.91 Å². The number of nitrogens with one attached hydrogen (secondary N) is 1. The molecule has 1 amide bonds. The Balaban J connectivity index is 1.41. The summed E-state index contributed by atoms with van der Waals surface area (Å²) < 4.78 is 61.3. The number of likely N-dealkylation sites (tertiary alicyclic amines) is 1. The highest BCUT2D eigenvalue weighted by Gasteiger charge is 2.40. The Kier molecular flexibility index (Phi) is 6.95. The number of benzene rings is 2. The zero-order chi connectivity index (χ0) is 25.2. The number of ether oxygens (including phenoxy) is 3. The van der Waals surface area contributed by atoms with Crippen LogP contribution in [-0.4, -0.2) is 63.0 Å². The number of halogens is 3. The number of rotatable bonds is 10. The third-order valence-electron chi connectivity index (χ3n) is 6.49. The van der Waals surface area contributed by atoms with Crippen molar-refractivity contribution in [1.29, 1.82) is 0 Å². The van der Waals surface area contributed by atoms with Crippen molar-refractivity contribution in [3.8, 4) is 28.4 Å². The molecule has 0 spiro atoms. The predicted octanol–water partition coefficient (Wildman–Crippen LogP) is 5.02. The van der Waals surface area contributed by atoms with E-state index in [9.17, 15) is 18.0 Å². The Labute approximate surface area is 206 Å². The first kappa shape index (κ1) is 24.3. The van der Waals surface area contributed by atoms with Crippen LogP contribution in [0, 0.1) is 0 Å². The summed E-state index contributed by atoms with van der Waals surface area (Å²) in [5.41, 5.74) is 1.39. The monoisotopic (exact) mass is 504 g/mol. The SMILES string of the molecule is COc1cc(-c2coc3cc(OCCN4CCCC4)ccc23)cc(OC(F)F)c1C(=O)N[C@@H]1C[C@@H]1F. The van der Waals surface area contributed by atoms with Crippen LogP contribution in [0.15, 0.2) is 41.0 Å². The summed E-state index contributed by atoms with van der Waals surface area (Å²) in [4.78, 5) is 15.1. The highest BCUT2D eigenvalue weighted by atomic mass is 19.3. The third kappa shape index (κ3) is 5.23. The minimum Gasteiger partial charge on any atom is -0.496 e. The average Bonchev–Trinajstić information content (AvgIpc) is 3.22. The van der Waals surface area contributed by atoms with Crippen molar-refractivity contribution in [2.24, 2.45) is 0 Å². The van der Waals surface area contributed by atoms with Crippen LogP contribution in [0.1, 0.15) is 29.6 Å². The lowest BCUT2D eigenvalue weighted by Gasteiger charge is -2.16. The van der Waals surface area contributed by atoms with E-state index < -0.39 is 24.7 Å². The largest absolute Gasteiger partial charge is 0.496 e. The maximum absolute atomic E-state index is 13.3. The van der Waals surface area contributed by atoms with Crippen molar-refractivity contribution in [2.45, 2.75) is 38.1 Å². The molecule has 192 valence electrons. The number of amides is 1. The van der Waals surface area contributed by atoms with E-state index in [1.54, 1.807) is 6.07 Å². The molecule has 1 saturated heterocycles. The van der Waals surface area contributed by atoms with Gasteiger partial charge >= 0.3 is 6.61 Å². The van der Waals surface area contributed by atoms with Gasteiger partial charge in [-0.15, -0.1) is 0 Å². The first-order valence-electron chi connectivity index (χ1n) is 11.9. The van der Waals surface area contributed by atoms with Crippen LogP contribution in [0.4, 0.5) is 13.2 Å². The zero-order valence-corrected chi connectivity index (χ0v) is 19.8. The Morgan fingerprint density at radius 3 is 2.64 bits per heavy atom. The second-order valence-electron chi connectivity index (χ2n) is 8.97. The molecule has 36 heavy (non-hydrogen) atoms. The van der Waals surface area contributed by atoms with Crippen molar-refractivity contribution in [3.63, 3.8) is 0 Å². The molecule has 1 N–H and O–H groups in total. The van der Waals surface area contributed by atoms with E-state index in [4.69, 9.17) is 13.9 Å². The van der Waals surface area contributed by atoms with Crippen molar-refractivity contribution < 1.29 is 36.6 Å². The van der Waals surface area contributed by atoms with Gasteiger partial charge in [-0.1, -0.05) is 0 Å². The lowest BCUT2D eigenvalue weighted by molar-refractivity contribution is -0.0502. The Bertz CT molecular complexity index is 1240. The minimum absolute atomic E-state index is 0.0212. The van der Waals surface area contributed by atoms with E-state index in [0.29, 0.717) is 29.1 Å². The van der Waals surface area contributed by atoms with Gasteiger partial charge in [0.2, 0.25) is 0 Å². The molecular weight excluding hydrogens is 477 g/mol. The van der Waals surface area contributed by atoms with Gasteiger partial charge in [-0.05, 0) is 55.8 Å². The van der Waals surface area contributed by atoms with Gasteiger partial charge in [-0.25, -0.2) is 4.39 Å². The van der Waals surface area contributed by atoms with E-state index in [2.05, 4.69) is 15.0 Å². The highest BCUT2D eigenvalue weighted by Crippen LogP contribution is 2.40. The Morgan fingerprint density at radius 1 is 1.19 bits per heavy atom. The van der Waals surface area contributed by atoms with E-state index in [1.165, 1.54) is 38.3 Å². The number of hydrogen-bond donors (Lipinski definition) is 1. The fourth-order valence-corrected chi connectivity index (χ4v) is 4.49. The van der Waals surface area contributed by atoms with E-state index in [0.717, 1.165) is 25.0 Å². The number of alkyl halides is 3. The maximum atomic E-state index is 13.3. The normalized spacial score (nSPS) is 19.6. The molecule has 1 aromatic heterocycles. The molecule has 5 rings (SSSR count). The van der Waals surface area contributed by atoms with Gasteiger partial charge < -0.3 is 23.9 Å². The minimum atomic E-state index is -3.17. The lowest BCUT2D eigenvalue weighted by Crippen LogP contribution is -2.28. The highest BCUT2D eigenvalue weighted by molar-refractivity contribution is 6.02. The fourth-order valence-electron chi connectivity index (χ4n) is 4.49. The number of nitrogens with zero attached hydrogens (tertiary/aromatic N) is 1. The van der Waals surface area contributed by atoms with Crippen LogP contribution in [-0.2, 0) is 0 Å². The molecule has 0 unspecified atom stereocenters. The topological polar surface area (TPSA) is 73.2 Å². The second-order valence-corrected chi connectivity index (χ2v) is 8.97. The first-order valence-corrected chi connectivity index (χ1v) is 11.9. The maximum Gasteiger partial charge on any atom is 0.387 e. The first-order chi connectivity index (χ1) is 17.4. The second kappa shape index (κ2) is 10.3. The fraction of sp³-hybridized carbons (Fsp3) is 0.423. The quantitative estimate of drug-likeness (QED) is 0.418. The molecule has 2 aliphatic rings. The number of furan rings is 1. The van der Waals surface area contributed by atoms with Gasteiger partial charge in [0.05, 0.1) is 19.4 Å². The molecule has 1 aliphatic heterocycles. The summed E-state index contributed by atoms with van der Waals surface area (Å²) in [6.45, 7) is 0.455. The number of carbonyl (C=O) groups is 1. The lowest BCUT2D eigenvalue weighted by atomic mass is 10.0. The summed E-state index contributed by atoms with van der Waals surface area (Å²) in [5, 5.41) is 3.20. The zero-order valence-electron chi connectivity index (χ0n) is 19.8. The molecule has 3 aromatic rings. The number of methoxy groups -OCH3 is 1. The van der Waals surface area contributed by atoms with Crippen LogP contribution in [0.25, 0.3) is 22.1 Å². The summed E-state index contributed by atoms with van der Waals surface area (Å²) in [6, 6.07) is 7.65. The molecule has 7 nitrogen and oxygen atoms in total. The van der Waals surface area contributed by atoms with Crippen molar-refractivity contribution in [1.82, 2.24) is 10.2 Å².